The number of amides is 1. The van der Waals surface area contributed by atoms with Crippen LogP contribution in [0.1, 0.15) is 49.2 Å². The van der Waals surface area contributed by atoms with Crippen LogP contribution in [0, 0.1) is 6.92 Å². The number of fused-ring (bicyclic) bond motifs is 1. The second-order valence-electron chi connectivity index (χ2n) is 6.27. The van der Waals surface area contributed by atoms with E-state index in [2.05, 4.69) is 29.0 Å². The molecule has 0 aliphatic heterocycles. The summed E-state index contributed by atoms with van der Waals surface area (Å²) in [6.45, 7) is 9.64. The minimum Gasteiger partial charge on any atom is -0.442 e. The van der Waals surface area contributed by atoms with Gasteiger partial charge >= 0.3 is 0 Å². The average Bonchev–Trinajstić information content (AvgIpc) is 2.94. The first kappa shape index (κ1) is 19.2. The van der Waals surface area contributed by atoms with Crippen LogP contribution in [0.5, 0.6) is 0 Å². The highest BCUT2D eigenvalue weighted by Gasteiger charge is 2.22. The van der Waals surface area contributed by atoms with E-state index in [4.69, 9.17) is 4.42 Å². The first-order valence-electron chi connectivity index (χ1n) is 8.94. The van der Waals surface area contributed by atoms with Crippen molar-refractivity contribution in [1.82, 2.24) is 19.8 Å². The van der Waals surface area contributed by atoms with E-state index in [1.807, 2.05) is 0 Å². The molecule has 0 saturated heterocycles. The van der Waals surface area contributed by atoms with Crippen molar-refractivity contribution in [3.05, 3.63) is 28.0 Å². The normalized spacial score (nSPS) is 11.4. The van der Waals surface area contributed by atoms with E-state index in [1.165, 1.54) is 23.7 Å². The number of nitrogens with one attached hydrogen (secondary N) is 1. The monoisotopic (exact) mass is 348 g/mol. The van der Waals surface area contributed by atoms with Crippen LogP contribution < -0.4 is 10.9 Å². The van der Waals surface area contributed by atoms with Gasteiger partial charge < -0.3 is 19.2 Å². The van der Waals surface area contributed by atoms with Crippen LogP contribution >= 0.6 is 0 Å². The van der Waals surface area contributed by atoms with Gasteiger partial charge in [0.2, 0.25) is 5.71 Å². The first-order valence-corrected chi connectivity index (χ1v) is 8.94. The lowest BCUT2D eigenvalue weighted by atomic mass is 10.1. The predicted octanol–water partition coefficient (Wildman–Crippen LogP) is 2.08. The zero-order chi connectivity index (χ0) is 18.4. The van der Waals surface area contributed by atoms with Crippen LogP contribution in [0.3, 0.4) is 0 Å². The molecule has 0 fully saturated rings. The van der Waals surface area contributed by atoms with Crippen molar-refractivity contribution in [3.63, 3.8) is 0 Å². The molecule has 2 aromatic rings. The molecule has 7 nitrogen and oxygen atoms in total. The molecular weight excluding hydrogens is 320 g/mol. The maximum atomic E-state index is 12.5. The fourth-order valence-electron chi connectivity index (χ4n) is 2.86. The number of furan rings is 1. The highest BCUT2D eigenvalue weighted by molar-refractivity contribution is 6.06. The van der Waals surface area contributed by atoms with Gasteiger partial charge in [-0.15, -0.1) is 0 Å². The van der Waals surface area contributed by atoms with Gasteiger partial charge in [-0.25, -0.2) is 4.98 Å². The molecule has 0 bridgehead atoms. The van der Waals surface area contributed by atoms with Crippen molar-refractivity contribution in [2.45, 2.75) is 40.0 Å². The summed E-state index contributed by atoms with van der Waals surface area (Å²) in [7, 11) is 1.61. The summed E-state index contributed by atoms with van der Waals surface area (Å²) < 4.78 is 6.82. The van der Waals surface area contributed by atoms with Crippen molar-refractivity contribution in [1.29, 1.82) is 0 Å². The number of carbonyl (C=O) groups is 1. The Kier molecular flexibility index (Phi) is 6.75. The quantitative estimate of drug-likeness (QED) is 0.702. The lowest BCUT2D eigenvalue weighted by Crippen LogP contribution is -2.31. The summed E-state index contributed by atoms with van der Waals surface area (Å²) in [6, 6.07) is 0. The van der Waals surface area contributed by atoms with E-state index in [0.717, 1.165) is 26.1 Å². The fourth-order valence-corrected chi connectivity index (χ4v) is 2.86. The molecule has 2 heterocycles. The summed E-state index contributed by atoms with van der Waals surface area (Å²) >= 11 is 0. The zero-order valence-electron chi connectivity index (χ0n) is 15.6. The molecular formula is C18H28N4O3. The van der Waals surface area contributed by atoms with Gasteiger partial charge in [-0.1, -0.05) is 20.3 Å². The smallest absolute Gasteiger partial charge is 0.265 e. The molecule has 7 heteroatoms. The van der Waals surface area contributed by atoms with E-state index in [9.17, 15) is 9.59 Å². The highest BCUT2D eigenvalue weighted by Crippen LogP contribution is 2.20. The van der Waals surface area contributed by atoms with Crippen molar-refractivity contribution in [3.8, 4) is 0 Å². The number of nitrogens with zero attached hydrogens (tertiary/aromatic N) is 3. The molecule has 0 aliphatic carbocycles. The molecule has 2 rings (SSSR count). The molecule has 25 heavy (non-hydrogen) atoms. The minimum atomic E-state index is -0.280. The minimum absolute atomic E-state index is 0.211. The van der Waals surface area contributed by atoms with E-state index in [1.54, 1.807) is 14.0 Å². The summed E-state index contributed by atoms with van der Waals surface area (Å²) in [5.41, 5.74) is 0.230. The third kappa shape index (κ3) is 4.48. The summed E-state index contributed by atoms with van der Waals surface area (Å²) in [5, 5.41) is 3.15. The SMILES string of the molecule is CCCCN(CC)CCCNC(=O)c1c(C)oc2ncn(C)c(=O)c12. The van der Waals surface area contributed by atoms with E-state index in [0.29, 0.717) is 17.9 Å². The maximum Gasteiger partial charge on any atom is 0.265 e. The number of hydrogen-bond acceptors (Lipinski definition) is 5. The summed E-state index contributed by atoms with van der Waals surface area (Å²) in [6.07, 6.45) is 4.64. The number of hydrogen-bond donors (Lipinski definition) is 1. The van der Waals surface area contributed by atoms with Crippen LogP contribution in [0.15, 0.2) is 15.5 Å². The highest BCUT2D eigenvalue weighted by atomic mass is 16.3. The molecule has 0 spiro atoms. The lowest BCUT2D eigenvalue weighted by molar-refractivity contribution is 0.0951. The predicted molar refractivity (Wildman–Crippen MR) is 98.0 cm³/mol. The standard InChI is InChI=1S/C18H28N4O3/c1-5-7-10-22(6-2)11-8-9-19-16(23)14-13(3)25-17-15(14)18(24)21(4)12-20-17/h12H,5-11H2,1-4H3,(H,19,23). The molecule has 0 aliphatic rings. The van der Waals surface area contributed by atoms with E-state index >= 15 is 0 Å². The lowest BCUT2D eigenvalue weighted by Gasteiger charge is -2.19. The van der Waals surface area contributed by atoms with Gasteiger partial charge in [0.15, 0.2) is 0 Å². The third-order valence-corrected chi connectivity index (χ3v) is 4.39. The maximum absolute atomic E-state index is 12.5. The second kappa shape index (κ2) is 8.80. The average molecular weight is 348 g/mol. The second-order valence-corrected chi connectivity index (χ2v) is 6.27. The Balaban J connectivity index is 2.00. The van der Waals surface area contributed by atoms with Gasteiger partial charge in [-0.05, 0) is 39.4 Å². The Morgan fingerprint density at radius 2 is 2.04 bits per heavy atom. The molecule has 0 unspecified atom stereocenters. The van der Waals surface area contributed by atoms with Crippen LogP contribution in [-0.2, 0) is 7.05 Å². The Bertz CT molecular complexity index is 778. The van der Waals surface area contributed by atoms with Crippen LogP contribution in [0.2, 0.25) is 0 Å². The van der Waals surface area contributed by atoms with Crippen molar-refractivity contribution < 1.29 is 9.21 Å². The molecule has 138 valence electrons. The number of carbonyl (C=O) groups excluding carboxylic acids is 1. The Hall–Kier alpha value is -2.15. The van der Waals surface area contributed by atoms with Gasteiger partial charge in [0.05, 0.1) is 5.56 Å². The van der Waals surface area contributed by atoms with Crippen molar-refractivity contribution in [2.24, 2.45) is 7.05 Å². The number of aryl methyl sites for hydroxylation is 2. The molecule has 1 N–H and O–H groups in total. The zero-order valence-corrected chi connectivity index (χ0v) is 15.6. The molecule has 1 amide bonds. The van der Waals surface area contributed by atoms with Crippen LogP contribution in [-0.4, -0.2) is 46.5 Å². The molecule has 0 aromatic carbocycles. The Morgan fingerprint density at radius 3 is 2.72 bits per heavy atom. The van der Waals surface area contributed by atoms with Gasteiger partial charge in [0.25, 0.3) is 11.5 Å². The summed E-state index contributed by atoms with van der Waals surface area (Å²) in [5.74, 6) is 0.138. The third-order valence-electron chi connectivity index (χ3n) is 4.39. The van der Waals surface area contributed by atoms with Gasteiger partial charge in [-0.2, -0.15) is 0 Å². The Morgan fingerprint density at radius 1 is 1.32 bits per heavy atom. The van der Waals surface area contributed by atoms with Crippen LogP contribution in [0.25, 0.3) is 11.1 Å². The van der Waals surface area contributed by atoms with Crippen molar-refractivity contribution in [2.75, 3.05) is 26.2 Å². The van der Waals surface area contributed by atoms with Crippen molar-refractivity contribution >= 4 is 17.0 Å². The van der Waals surface area contributed by atoms with Gasteiger partial charge in [0.1, 0.15) is 17.5 Å². The number of unbranched alkanes of at least 4 members (excludes halogenated alkanes) is 1. The topological polar surface area (TPSA) is 80.4 Å². The molecule has 2 aromatic heterocycles. The molecule has 0 radical (unpaired) electrons. The van der Waals surface area contributed by atoms with E-state index in [-0.39, 0.29) is 22.6 Å². The largest absolute Gasteiger partial charge is 0.442 e. The van der Waals surface area contributed by atoms with Crippen LogP contribution in [0.4, 0.5) is 0 Å². The van der Waals surface area contributed by atoms with E-state index < -0.39 is 0 Å². The number of aromatic nitrogens is 2. The first-order chi connectivity index (χ1) is 12.0. The summed E-state index contributed by atoms with van der Waals surface area (Å²) in [4.78, 5) is 31.3. The fraction of sp³-hybridized carbons (Fsp3) is 0.611. The van der Waals surface area contributed by atoms with Gasteiger partial charge in [-0.3, -0.25) is 9.59 Å². The molecule has 0 saturated carbocycles. The van der Waals surface area contributed by atoms with Gasteiger partial charge in [0, 0.05) is 13.6 Å². The molecule has 0 atom stereocenters. The number of rotatable bonds is 9. The Labute approximate surface area is 148 Å².